The summed E-state index contributed by atoms with van der Waals surface area (Å²) in [5.74, 6) is 0. The van der Waals surface area contributed by atoms with Crippen LogP contribution in [0, 0.1) is 5.41 Å². The van der Waals surface area contributed by atoms with Gasteiger partial charge in [0.25, 0.3) is 0 Å². The van der Waals surface area contributed by atoms with Crippen molar-refractivity contribution in [3.8, 4) is 0 Å². The molecule has 4 aliphatic rings. The van der Waals surface area contributed by atoms with Crippen LogP contribution in [-0.2, 0) is 4.74 Å². The molecule has 0 atom stereocenters. The first-order valence-corrected chi connectivity index (χ1v) is 9.97. The number of hydrogen-bond donors (Lipinski definition) is 2. The summed E-state index contributed by atoms with van der Waals surface area (Å²) in [5, 5.41) is 6.90. The van der Waals surface area contributed by atoms with Gasteiger partial charge in [0.05, 0.1) is 6.61 Å². The zero-order valence-electron chi connectivity index (χ0n) is 16.2. The Bertz CT molecular complexity index is 346. The van der Waals surface area contributed by atoms with Crippen LogP contribution in [0.5, 0.6) is 0 Å². The molecular weight excluding hydrogens is 300 g/mol. The van der Waals surface area contributed by atoms with Crippen molar-refractivity contribution in [2.24, 2.45) is 5.41 Å². The average molecular weight is 339 g/mol. The normalized spacial score (nSPS) is 29.2. The van der Waals surface area contributed by atoms with E-state index in [0.29, 0.717) is 11.5 Å². The maximum Gasteiger partial charge on any atom is 0.106 e. The van der Waals surface area contributed by atoms with Crippen molar-refractivity contribution in [2.45, 2.75) is 58.2 Å². The van der Waals surface area contributed by atoms with E-state index in [-0.39, 0.29) is 5.60 Å². The molecule has 4 aliphatic heterocycles. The Labute approximate surface area is 148 Å². The lowest BCUT2D eigenvalue weighted by molar-refractivity contribution is -0.164. The van der Waals surface area contributed by atoms with E-state index >= 15 is 0 Å². The van der Waals surface area contributed by atoms with Crippen LogP contribution in [0.2, 0.25) is 0 Å². The molecule has 4 heterocycles. The second kappa shape index (κ2) is 7.58. The number of piperidine rings is 1. The van der Waals surface area contributed by atoms with Gasteiger partial charge in [0.15, 0.2) is 0 Å². The summed E-state index contributed by atoms with van der Waals surface area (Å²) in [6.07, 6.45) is 2.83. The first-order valence-electron chi connectivity index (χ1n) is 9.97. The van der Waals surface area contributed by atoms with E-state index in [4.69, 9.17) is 4.74 Å². The predicted molar refractivity (Wildman–Crippen MR) is 99.5 cm³/mol. The van der Waals surface area contributed by atoms with E-state index in [9.17, 15) is 0 Å². The summed E-state index contributed by atoms with van der Waals surface area (Å²) in [7, 11) is 0. The van der Waals surface area contributed by atoms with Crippen molar-refractivity contribution in [1.29, 1.82) is 0 Å². The lowest BCUT2D eigenvalue weighted by Gasteiger charge is -2.54. The summed E-state index contributed by atoms with van der Waals surface area (Å²) >= 11 is 0. The molecule has 5 nitrogen and oxygen atoms in total. The second-order valence-corrected chi connectivity index (χ2v) is 8.99. The first kappa shape index (κ1) is 18.6. The molecule has 4 rings (SSSR count). The van der Waals surface area contributed by atoms with E-state index in [1.165, 1.54) is 39.0 Å². The second-order valence-electron chi connectivity index (χ2n) is 8.99. The number of ether oxygens (including phenoxy) is 1. The third-order valence-electron chi connectivity index (χ3n) is 6.22. The number of nitrogens with zero attached hydrogens (tertiary/aromatic N) is 2. The molecule has 24 heavy (non-hydrogen) atoms. The van der Waals surface area contributed by atoms with Crippen LogP contribution in [0.1, 0.15) is 40.5 Å². The van der Waals surface area contributed by atoms with E-state index in [0.717, 1.165) is 38.8 Å². The third kappa shape index (κ3) is 4.13. The van der Waals surface area contributed by atoms with Crippen LogP contribution in [0.4, 0.5) is 0 Å². The lowest BCUT2D eigenvalue weighted by atomic mass is 9.73. The van der Waals surface area contributed by atoms with Crippen LogP contribution in [0.15, 0.2) is 0 Å². The van der Waals surface area contributed by atoms with E-state index in [2.05, 4.69) is 48.1 Å². The lowest BCUT2D eigenvalue weighted by Crippen LogP contribution is -2.70. The molecule has 0 aromatic heterocycles. The summed E-state index contributed by atoms with van der Waals surface area (Å²) in [5.41, 5.74) is 0.838. The van der Waals surface area contributed by atoms with E-state index in [1.54, 1.807) is 0 Å². The number of likely N-dealkylation sites (tertiary alicyclic amines) is 2. The molecule has 0 aliphatic carbocycles. The van der Waals surface area contributed by atoms with E-state index in [1.807, 2.05) is 0 Å². The highest BCUT2D eigenvalue weighted by Gasteiger charge is 2.46. The van der Waals surface area contributed by atoms with Crippen LogP contribution >= 0.6 is 0 Å². The highest BCUT2D eigenvalue weighted by Crippen LogP contribution is 2.37. The molecule has 0 aromatic rings. The van der Waals surface area contributed by atoms with Gasteiger partial charge in [0.1, 0.15) is 5.60 Å². The Morgan fingerprint density at radius 2 is 1.46 bits per heavy atom. The Morgan fingerprint density at radius 1 is 0.833 bits per heavy atom. The molecule has 5 heteroatoms. The highest BCUT2D eigenvalue weighted by atomic mass is 16.5. The van der Waals surface area contributed by atoms with Gasteiger partial charge in [-0.3, -0.25) is 9.80 Å². The summed E-state index contributed by atoms with van der Waals surface area (Å²) in [6, 6.07) is 1.42. The SMILES string of the molecule is CC(C)N1CC2(CCCNC2)C1.CC(C)N1CC2(CNCCO2)C1. The average Bonchev–Trinajstić information content (AvgIpc) is 2.52. The van der Waals surface area contributed by atoms with Gasteiger partial charge < -0.3 is 15.4 Å². The van der Waals surface area contributed by atoms with Crippen LogP contribution in [0.25, 0.3) is 0 Å². The third-order valence-corrected chi connectivity index (χ3v) is 6.22. The number of morpholine rings is 1. The standard InChI is InChI=1S/C10H20N2.C9H18N2O/c1-9(2)12-7-10(8-12)4-3-5-11-6-10;1-8(2)11-6-9(7-11)5-10-3-4-12-9/h9,11H,3-8H2,1-2H3;8,10H,3-7H2,1-2H3. The van der Waals surface area contributed by atoms with Crippen molar-refractivity contribution >= 4 is 0 Å². The van der Waals surface area contributed by atoms with Gasteiger partial charge in [-0.1, -0.05) is 0 Å². The van der Waals surface area contributed by atoms with Gasteiger partial charge in [-0.05, 0) is 47.1 Å². The molecule has 2 spiro atoms. The van der Waals surface area contributed by atoms with E-state index < -0.39 is 0 Å². The number of hydrogen-bond acceptors (Lipinski definition) is 5. The molecule has 2 N–H and O–H groups in total. The fourth-order valence-electron chi connectivity index (χ4n) is 4.45. The summed E-state index contributed by atoms with van der Waals surface area (Å²) in [4.78, 5) is 5.03. The van der Waals surface area contributed by atoms with Crippen molar-refractivity contribution in [1.82, 2.24) is 20.4 Å². The summed E-state index contributed by atoms with van der Waals surface area (Å²) < 4.78 is 5.78. The zero-order valence-corrected chi connectivity index (χ0v) is 16.2. The van der Waals surface area contributed by atoms with Gasteiger partial charge >= 0.3 is 0 Å². The fraction of sp³-hybridized carbons (Fsp3) is 1.00. The van der Waals surface area contributed by atoms with Gasteiger partial charge in [-0.2, -0.15) is 0 Å². The van der Waals surface area contributed by atoms with Gasteiger partial charge in [0, 0.05) is 63.3 Å². The first-order chi connectivity index (χ1) is 11.4. The smallest absolute Gasteiger partial charge is 0.106 e. The zero-order chi connectivity index (χ0) is 17.2. The van der Waals surface area contributed by atoms with Gasteiger partial charge in [-0.25, -0.2) is 0 Å². The fourth-order valence-corrected chi connectivity index (χ4v) is 4.45. The summed E-state index contributed by atoms with van der Waals surface area (Å²) in [6.45, 7) is 19.4. The Morgan fingerprint density at radius 3 is 1.96 bits per heavy atom. The maximum absolute atomic E-state index is 5.78. The minimum Gasteiger partial charge on any atom is -0.370 e. The maximum atomic E-state index is 5.78. The molecule has 0 unspecified atom stereocenters. The van der Waals surface area contributed by atoms with Crippen LogP contribution in [-0.4, -0.2) is 86.4 Å². The largest absolute Gasteiger partial charge is 0.370 e. The molecule has 0 aromatic carbocycles. The molecule has 0 amide bonds. The highest BCUT2D eigenvalue weighted by molar-refractivity contribution is 5.01. The molecule has 140 valence electrons. The topological polar surface area (TPSA) is 39.8 Å². The predicted octanol–water partition coefficient (Wildman–Crippen LogP) is 1.15. The monoisotopic (exact) mass is 338 g/mol. The Balaban J connectivity index is 0.000000141. The minimum atomic E-state index is 0.169. The van der Waals surface area contributed by atoms with Crippen LogP contribution in [0.3, 0.4) is 0 Å². The molecule has 4 fully saturated rings. The van der Waals surface area contributed by atoms with Crippen molar-refractivity contribution < 1.29 is 4.74 Å². The molecule has 0 radical (unpaired) electrons. The van der Waals surface area contributed by atoms with Crippen LogP contribution < -0.4 is 10.6 Å². The van der Waals surface area contributed by atoms with Crippen molar-refractivity contribution in [3.05, 3.63) is 0 Å². The Kier molecular flexibility index (Phi) is 5.87. The number of nitrogens with one attached hydrogen (secondary N) is 2. The minimum absolute atomic E-state index is 0.169. The molecule has 4 saturated heterocycles. The quantitative estimate of drug-likeness (QED) is 0.790. The Hall–Kier alpha value is -0.200. The number of rotatable bonds is 2. The van der Waals surface area contributed by atoms with Gasteiger partial charge in [-0.15, -0.1) is 0 Å². The van der Waals surface area contributed by atoms with Gasteiger partial charge in [0.2, 0.25) is 0 Å². The molecule has 0 saturated carbocycles. The molecule has 0 bridgehead atoms. The van der Waals surface area contributed by atoms with Crippen molar-refractivity contribution in [3.63, 3.8) is 0 Å². The van der Waals surface area contributed by atoms with Crippen molar-refractivity contribution in [2.75, 3.05) is 59.0 Å². The molecular formula is C19H38N4O.